The van der Waals surface area contributed by atoms with Crippen LogP contribution in [0.15, 0.2) is 16.6 Å². The van der Waals surface area contributed by atoms with Crippen LogP contribution >= 0.6 is 15.9 Å². The summed E-state index contributed by atoms with van der Waals surface area (Å²) in [5.41, 5.74) is 6.02. The van der Waals surface area contributed by atoms with E-state index in [-0.39, 0.29) is 11.9 Å². The Labute approximate surface area is 127 Å². The third kappa shape index (κ3) is 3.52. The number of carbonyl (C=O) groups excluding carboxylic acids is 1. The number of rotatable bonds is 6. The van der Waals surface area contributed by atoms with Crippen LogP contribution in [0.5, 0.6) is 11.5 Å². The molecule has 0 unspecified atom stereocenters. The highest BCUT2D eigenvalue weighted by Gasteiger charge is 2.20. The third-order valence-electron chi connectivity index (χ3n) is 3.52. The maximum atomic E-state index is 12.0. The van der Waals surface area contributed by atoms with Crippen LogP contribution in [0.25, 0.3) is 0 Å². The molecule has 2 N–H and O–H groups in total. The van der Waals surface area contributed by atoms with Crippen LogP contribution in [0.1, 0.15) is 42.5 Å². The Morgan fingerprint density at radius 3 is 2.65 bits per heavy atom. The standard InChI is InChI=1S/C15H20BrNO3/c1-19-14-8-11(13(18)6-7-17)12(16)9-15(14)20-10-4-2-3-5-10/h8-10H,2-7,17H2,1H3. The van der Waals surface area contributed by atoms with Gasteiger partial charge < -0.3 is 15.2 Å². The molecule has 4 nitrogen and oxygen atoms in total. The van der Waals surface area contributed by atoms with E-state index in [4.69, 9.17) is 15.2 Å². The molecule has 20 heavy (non-hydrogen) atoms. The summed E-state index contributed by atoms with van der Waals surface area (Å²) in [6, 6.07) is 3.55. The normalized spacial score (nSPS) is 15.3. The number of benzene rings is 1. The van der Waals surface area contributed by atoms with Crippen LogP contribution in [0.4, 0.5) is 0 Å². The number of Topliss-reactive ketones (excluding diaryl/α,β-unsaturated/α-hetero) is 1. The summed E-state index contributed by atoms with van der Waals surface area (Å²) in [5, 5.41) is 0. The van der Waals surface area contributed by atoms with Gasteiger partial charge in [0.25, 0.3) is 0 Å². The summed E-state index contributed by atoms with van der Waals surface area (Å²) in [4.78, 5) is 12.0. The topological polar surface area (TPSA) is 61.5 Å². The first-order valence-electron chi connectivity index (χ1n) is 6.93. The van der Waals surface area contributed by atoms with Gasteiger partial charge in [0.15, 0.2) is 17.3 Å². The number of hydrogen-bond acceptors (Lipinski definition) is 4. The van der Waals surface area contributed by atoms with Crippen molar-refractivity contribution in [3.05, 3.63) is 22.2 Å². The molecule has 110 valence electrons. The number of nitrogens with two attached hydrogens (primary N) is 1. The van der Waals surface area contributed by atoms with Crippen molar-refractivity contribution in [1.82, 2.24) is 0 Å². The molecule has 0 heterocycles. The minimum atomic E-state index is 0.00471. The van der Waals surface area contributed by atoms with Gasteiger partial charge >= 0.3 is 0 Å². The number of ketones is 1. The van der Waals surface area contributed by atoms with Crippen LogP contribution in [0.2, 0.25) is 0 Å². The molecule has 0 radical (unpaired) electrons. The lowest BCUT2D eigenvalue weighted by Crippen LogP contribution is -2.13. The number of halogens is 1. The van der Waals surface area contributed by atoms with Gasteiger partial charge in [-0.2, -0.15) is 0 Å². The highest BCUT2D eigenvalue weighted by atomic mass is 79.9. The number of hydrogen-bond donors (Lipinski definition) is 1. The van der Waals surface area contributed by atoms with Crippen molar-refractivity contribution in [3.8, 4) is 11.5 Å². The first-order valence-corrected chi connectivity index (χ1v) is 7.72. The lowest BCUT2D eigenvalue weighted by Gasteiger charge is -2.17. The van der Waals surface area contributed by atoms with Crippen molar-refractivity contribution < 1.29 is 14.3 Å². The molecule has 0 saturated heterocycles. The molecule has 0 atom stereocenters. The fraction of sp³-hybridized carbons (Fsp3) is 0.533. The fourth-order valence-electron chi connectivity index (χ4n) is 2.45. The molecular weight excluding hydrogens is 322 g/mol. The van der Waals surface area contributed by atoms with E-state index >= 15 is 0 Å². The van der Waals surface area contributed by atoms with E-state index < -0.39 is 0 Å². The molecule has 0 bridgehead atoms. The molecule has 0 aliphatic heterocycles. The van der Waals surface area contributed by atoms with Gasteiger partial charge in [0.1, 0.15) is 0 Å². The Kier molecular flexibility index (Phi) is 5.43. The van der Waals surface area contributed by atoms with E-state index in [9.17, 15) is 4.79 Å². The average molecular weight is 342 g/mol. The van der Waals surface area contributed by atoms with Gasteiger partial charge in [-0.3, -0.25) is 4.79 Å². The summed E-state index contributed by atoms with van der Waals surface area (Å²) < 4.78 is 12.1. The highest BCUT2D eigenvalue weighted by Crippen LogP contribution is 2.36. The molecule has 0 aromatic heterocycles. The summed E-state index contributed by atoms with van der Waals surface area (Å²) in [6.45, 7) is 0.341. The Balaban J connectivity index is 2.24. The number of carbonyl (C=O) groups is 1. The lowest BCUT2D eigenvalue weighted by molar-refractivity contribution is 0.0984. The molecule has 1 aliphatic carbocycles. The van der Waals surface area contributed by atoms with E-state index in [1.165, 1.54) is 12.8 Å². The second kappa shape index (κ2) is 7.09. The molecule has 1 fully saturated rings. The molecular formula is C15H20BrNO3. The molecule has 1 aliphatic rings. The van der Waals surface area contributed by atoms with Crippen molar-refractivity contribution in [1.29, 1.82) is 0 Å². The largest absolute Gasteiger partial charge is 0.493 e. The highest BCUT2D eigenvalue weighted by molar-refractivity contribution is 9.10. The number of methoxy groups -OCH3 is 1. The second-order valence-corrected chi connectivity index (χ2v) is 5.82. The SMILES string of the molecule is COc1cc(C(=O)CCN)c(Br)cc1OC1CCCC1. The van der Waals surface area contributed by atoms with Gasteiger partial charge in [-0.25, -0.2) is 0 Å². The van der Waals surface area contributed by atoms with Crippen molar-refractivity contribution in [2.75, 3.05) is 13.7 Å². The first kappa shape index (κ1) is 15.3. The Morgan fingerprint density at radius 2 is 2.05 bits per heavy atom. The smallest absolute Gasteiger partial charge is 0.165 e. The molecule has 2 rings (SSSR count). The Hall–Kier alpha value is -1.07. The van der Waals surface area contributed by atoms with E-state index in [1.807, 2.05) is 6.07 Å². The molecule has 1 saturated carbocycles. The quantitative estimate of drug-likeness (QED) is 0.806. The van der Waals surface area contributed by atoms with Crippen LogP contribution < -0.4 is 15.2 Å². The predicted octanol–water partition coefficient (Wildman–Crippen LogP) is 3.31. The monoisotopic (exact) mass is 341 g/mol. The van der Waals surface area contributed by atoms with Crippen LogP contribution in [-0.2, 0) is 0 Å². The zero-order valence-electron chi connectivity index (χ0n) is 11.7. The van der Waals surface area contributed by atoms with Crippen LogP contribution in [-0.4, -0.2) is 25.5 Å². The van der Waals surface area contributed by atoms with E-state index in [0.29, 0.717) is 30.0 Å². The predicted molar refractivity (Wildman–Crippen MR) is 81.6 cm³/mol. The van der Waals surface area contributed by atoms with Crippen LogP contribution in [0.3, 0.4) is 0 Å². The van der Waals surface area contributed by atoms with Crippen molar-refractivity contribution in [2.24, 2.45) is 5.73 Å². The summed E-state index contributed by atoms with van der Waals surface area (Å²) in [6.07, 6.45) is 5.15. The van der Waals surface area contributed by atoms with Gasteiger partial charge in [-0.15, -0.1) is 0 Å². The number of ether oxygens (including phenoxy) is 2. The first-order chi connectivity index (χ1) is 9.65. The fourth-order valence-corrected chi connectivity index (χ4v) is 3.00. The maximum absolute atomic E-state index is 12.0. The third-order valence-corrected chi connectivity index (χ3v) is 4.18. The minimum absolute atomic E-state index is 0.00471. The molecule has 0 amide bonds. The van der Waals surface area contributed by atoms with E-state index in [2.05, 4.69) is 15.9 Å². The zero-order valence-corrected chi connectivity index (χ0v) is 13.2. The average Bonchev–Trinajstić information content (AvgIpc) is 2.92. The Morgan fingerprint density at radius 1 is 1.35 bits per heavy atom. The van der Waals surface area contributed by atoms with E-state index in [1.54, 1.807) is 13.2 Å². The van der Waals surface area contributed by atoms with Gasteiger partial charge in [0.2, 0.25) is 0 Å². The summed E-state index contributed by atoms with van der Waals surface area (Å²) in [7, 11) is 1.59. The molecule has 5 heteroatoms. The van der Waals surface area contributed by atoms with Gasteiger partial charge in [-0.1, -0.05) is 0 Å². The summed E-state index contributed by atoms with van der Waals surface area (Å²) in [5.74, 6) is 1.29. The van der Waals surface area contributed by atoms with Gasteiger partial charge in [0, 0.05) is 16.5 Å². The van der Waals surface area contributed by atoms with Crippen LogP contribution in [0, 0.1) is 0 Å². The van der Waals surface area contributed by atoms with Crippen molar-refractivity contribution in [3.63, 3.8) is 0 Å². The molecule has 1 aromatic carbocycles. The molecule has 0 spiro atoms. The maximum Gasteiger partial charge on any atom is 0.165 e. The minimum Gasteiger partial charge on any atom is -0.493 e. The summed E-state index contributed by atoms with van der Waals surface area (Å²) >= 11 is 3.43. The lowest BCUT2D eigenvalue weighted by atomic mass is 10.1. The zero-order chi connectivity index (χ0) is 14.5. The molecule has 1 aromatic rings. The van der Waals surface area contributed by atoms with Crippen molar-refractivity contribution in [2.45, 2.75) is 38.2 Å². The van der Waals surface area contributed by atoms with E-state index in [0.717, 1.165) is 17.3 Å². The second-order valence-electron chi connectivity index (χ2n) is 4.97. The van der Waals surface area contributed by atoms with Gasteiger partial charge in [0.05, 0.1) is 13.2 Å². The van der Waals surface area contributed by atoms with Crippen molar-refractivity contribution >= 4 is 21.7 Å². The Bertz CT molecular complexity index is 484. The van der Waals surface area contributed by atoms with Gasteiger partial charge in [-0.05, 0) is 60.3 Å².